The van der Waals surface area contributed by atoms with E-state index in [9.17, 15) is 0 Å². The Morgan fingerprint density at radius 2 is 0.667 bits per heavy atom. The molecule has 0 unspecified atom stereocenters. The highest BCUT2D eigenvalue weighted by molar-refractivity contribution is 6.09. The van der Waals surface area contributed by atoms with E-state index in [1.807, 2.05) is 13.8 Å². The lowest BCUT2D eigenvalue weighted by molar-refractivity contribution is 0.682. The molecule has 2 heteroatoms. The summed E-state index contributed by atoms with van der Waals surface area (Å²) in [7, 11) is 0. The van der Waals surface area contributed by atoms with Crippen molar-refractivity contribution >= 4 is 43.6 Å². The molecule has 2 aromatic heterocycles. The molecule has 0 atom stereocenters. The third kappa shape index (κ3) is 2.88. The molecule has 4 aromatic carbocycles. The van der Waals surface area contributed by atoms with E-state index in [-0.39, 0.29) is 7.43 Å². The average Bonchev–Trinajstić information content (AvgIpc) is 3.30. The molecule has 30 heavy (non-hydrogen) atoms. The molecular formula is C28H28N2. The van der Waals surface area contributed by atoms with Crippen LogP contribution in [-0.2, 0) is 6.67 Å². The van der Waals surface area contributed by atoms with Gasteiger partial charge in [-0.2, -0.15) is 0 Å². The number of hydrogen-bond acceptors (Lipinski definition) is 0. The normalized spacial score (nSPS) is 10.9. The van der Waals surface area contributed by atoms with Crippen LogP contribution in [0.1, 0.15) is 21.3 Å². The predicted octanol–water partition coefficient (Wildman–Crippen LogP) is 8.07. The van der Waals surface area contributed by atoms with E-state index >= 15 is 0 Å². The molecule has 6 aromatic rings. The number of nitrogens with zero attached hydrogens (tertiary/aromatic N) is 2. The first-order valence-corrected chi connectivity index (χ1v) is 10.3. The van der Waals surface area contributed by atoms with E-state index in [0.29, 0.717) is 0 Å². The van der Waals surface area contributed by atoms with Crippen molar-refractivity contribution in [3.63, 3.8) is 0 Å². The first-order chi connectivity index (χ1) is 14.4. The molecule has 0 radical (unpaired) electrons. The zero-order chi connectivity index (χ0) is 19.8. The van der Waals surface area contributed by atoms with Crippen LogP contribution in [0.3, 0.4) is 0 Å². The SMILES string of the molecule is C.CC.c1ccc2c(c1)c1ccccc1n2Cn1c2ccccc2c2ccccc21. The Balaban J connectivity index is 0.000000706. The maximum absolute atomic E-state index is 2.43. The van der Waals surface area contributed by atoms with Crippen LogP contribution < -0.4 is 0 Å². The lowest BCUT2D eigenvalue weighted by Gasteiger charge is -2.12. The second kappa shape index (κ2) is 8.08. The molecule has 6 rings (SSSR count). The molecule has 0 bridgehead atoms. The van der Waals surface area contributed by atoms with Crippen LogP contribution >= 0.6 is 0 Å². The second-order valence-electron chi connectivity index (χ2n) is 7.07. The summed E-state index contributed by atoms with van der Waals surface area (Å²) in [5.41, 5.74) is 5.11. The van der Waals surface area contributed by atoms with Gasteiger partial charge in [0.15, 0.2) is 0 Å². The van der Waals surface area contributed by atoms with Gasteiger partial charge in [-0.3, -0.25) is 0 Å². The van der Waals surface area contributed by atoms with E-state index in [2.05, 4.69) is 106 Å². The lowest BCUT2D eigenvalue weighted by atomic mass is 10.2. The quantitative estimate of drug-likeness (QED) is 0.282. The maximum Gasteiger partial charge on any atom is 0.100 e. The van der Waals surface area contributed by atoms with Gasteiger partial charge in [-0.25, -0.2) is 0 Å². The summed E-state index contributed by atoms with van der Waals surface area (Å²) in [5, 5.41) is 5.26. The molecular weight excluding hydrogens is 364 g/mol. The third-order valence-electron chi connectivity index (χ3n) is 5.64. The molecule has 0 aliphatic rings. The van der Waals surface area contributed by atoms with Gasteiger partial charge in [0.05, 0.1) is 22.1 Å². The van der Waals surface area contributed by atoms with Crippen LogP contribution in [-0.4, -0.2) is 9.13 Å². The van der Waals surface area contributed by atoms with Gasteiger partial charge in [0, 0.05) is 21.5 Å². The number of benzene rings is 4. The van der Waals surface area contributed by atoms with Crippen molar-refractivity contribution in [1.82, 2.24) is 9.13 Å². The smallest absolute Gasteiger partial charge is 0.100 e. The standard InChI is InChI=1S/C25H18N2.C2H6.CH4/c1-5-13-22-18(9-1)19-10-2-6-14-23(19)26(22)17-27-24-15-7-3-11-20(24)21-12-4-8-16-25(21)27;1-2;/h1-16H,17H2;1-2H3;1H4. The summed E-state index contributed by atoms with van der Waals surface area (Å²) >= 11 is 0. The highest BCUT2D eigenvalue weighted by Gasteiger charge is 2.13. The Morgan fingerprint density at radius 3 is 0.933 bits per heavy atom. The molecule has 0 fully saturated rings. The summed E-state index contributed by atoms with van der Waals surface area (Å²) in [6.45, 7) is 4.79. The fourth-order valence-electron chi connectivity index (χ4n) is 4.45. The molecule has 0 amide bonds. The van der Waals surface area contributed by atoms with Crippen molar-refractivity contribution in [2.75, 3.05) is 0 Å². The molecule has 0 saturated heterocycles. The van der Waals surface area contributed by atoms with E-state index < -0.39 is 0 Å². The Kier molecular flexibility index (Phi) is 5.33. The highest BCUT2D eigenvalue weighted by Crippen LogP contribution is 2.32. The summed E-state index contributed by atoms with van der Waals surface area (Å²) in [4.78, 5) is 0. The predicted molar refractivity (Wildman–Crippen MR) is 132 cm³/mol. The van der Waals surface area contributed by atoms with E-state index in [1.54, 1.807) is 0 Å². The summed E-state index contributed by atoms with van der Waals surface area (Å²) in [6, 6.07) is 34.8. The molecule has 150 valence electrons. The van der Waals surface area contributed by atoms with Crippen LogP contribution in [0.25, 0.3) is 43.6 Å². The van der Waals surface area contributed by atoms with Crippen LogP contribution in [0.4, 0.5) is 0 Å². The minimum atomic E-state index is 0. The Labute approximate surface area is 178 Å². The lowest BCUT2D eigenvalue weighted by Crippen LogP contribution is -2.07. The molecule has 2 nitrogen and oxygen atoms in total. The molecule has 0 saturated carbocycles. The molecule has 0 aliphatic carbocycles. The third-order valence-corrected chi connectivity index (χ3v) is 5.64. The molecule has 0 N–H and O–H groups in total. The number of rotatable bonds is 2. The van der Waals surface area contributed by atoms with Crippen molar-refractivity contribution in [2.45, 2.75) is 27.9 Å². The van der Waals surface area contributed by atoms with Gasteiger partial charge in [0.25, 0.3) is 0 Å². The topological polar surface area (TPSA) is 9.86 Å². The summed E-state index contributed by atoms with van der Waals surface area (Å²) < 4.78 is 4.87. The highest BCUT2D eigenvalue weighted by atomic mass is 15.2. The number of fused-ring (bicyclic) bond motifs is 6. The van der Waals surface area contributed by atoms with Gasteiger partial charge in [0.2, 0.25) is 0 Å². The minimum Gasteiger partial charge on any atom is -0.322 e. The van der Waals surface area contributed by atoms with Gasteiger partial charge in [-0.05, 0) is 24.3 Å². The molecule has 2 heterocycles. The van der Waals surface area contributed by atoms with Crippen molar-refractivity contribution in [3.8, 4) is 0 Å². The second-order valence-corrected chi connectivity index (χ2v) is 7.07. The van der Waals surface area contributed by atoms with Crippen molar-refractivity contribution < 1.29 is 0 Å². The fraction of sp³-hybridized carbons (Fsp3) is 0.143. The zero-order valence-electron chi connectivity index (χ0n) is 16.8. The van der Waals surface area contributed by atoms with E-state index in [1.165, 1.54) is 43.6 Å². The Bertz CT molecular complexity index is 1230. The fourth-order valence-corrected chi connectivity index (χ4v) is 4.45. The van der Waals surface area contributed by atoms with Crippen LogP contribution in [0.5, 0.6) is 0 Å². The van der Waals surface area contributed by atoms with Crippen LogP contribution in [0, 0.1) is 0 Å². The largest absolute Gasteiger partial charge is 0.322 e. The number of para-hydroxylation sites is 4. The van der Waals surface area contributed by atoms with Crippen LogP contribution in [0.2, 0.25) is 0 Å². The monoisotopic (exact) mass is 392 g/mol. The van der Waals surface area contributed by atoms with Crippen molar-refractivity contribution in [2.24, 2.45) is 0 Å². The van der Waals surface area contributed by atoms with E-state index in [4.69, 9.17) is 0 Å². The Hall–Kier alpha value is -3.52. The number of hydrogen-bond donors (Lipinski definition) is 0. The van der Waals surface area contributed by atoms with E-state index in [0.717, 1.165) is 6.67 Å². The van der Waals surface area contributed by atoms with Gasteiger partial charge in [-0.1, -0.05) is 94.1 Å². The van der Waals surface area contributed by atoms with Crippen molar-refractivity contribution in [1.29, 1.82) is 0 Å². The van der Waals surface area contributed by atoms with Gasteiger partial charge in [0.1, 0.15) is 6.67 Å². The zero-order valence-corrected chi connectivity index (χ0v) is 16.8. The summed E-state index contributed by atoms with van der Waals surface area (Å²) in [5.74, 6) is 0. The minimum absolute atomic E-state index is 0. The first kappa shape index (κ1) is 19.8. The molecule has 0 spiro atoms. The molecule has 0 aliphatic heterocycles. The maximum atomic E-state index is 2.43. The summed E-state index contributed by atoms with van der Waals surface area (Å²) in [6.07, 6.45) is 0. The van der Waals surface area contributed by atoms with Gasteiger partial charge >= 0.3 is 0 Å². The number of aromatic nitrogens is 2. The van der Waals surface area contributed by atoms with Crippen LogP contribution in [0.15, 0.2) is 97.1 Å². The van der Waals surface area contributed by atoms with Gasteiger partial charge < -0.3 is 9.13 Å². The Morgan fingerprint density at radius 1 is 0.433 bits per heavy atom. The van der Waals surface area contributed by atoms with Gasteiger partial charge in [-0.15, -0.1) is 0 Å². The average molecular weight is 393 g/mol. The first-order valence-electron chi connectivity index (χ1n) is 10.3. The van der Waals surface area contributed by atoms with Crippen molar-refractivity contribution in [3.05, 3.63) is 97.1 Å².